The van der Waals surface area contributed by atoms with E-state index in [0.29, 0.717) is 33.9 Å². The van der Waals surface area contributed by atoms with Crippen LogP contribution in [-0.2, 0) is 0 Å². The van der Waals surface area contributed by atoms with Gasteiger partial charge in [0, 0.05) is 34.5 Å². The van der Waals surface area contributed by atoms with Gasteiger partial charge in [0.1, 0.15) is 22.6 Å². The van der Waals surface area contributed by atoms with Crippen molar-refractivity contribution >= 4 is 91.9 Å². The number of phenols is 2. The fourth-order valence-corrected chi connectivity index (χ4v) is 5.92. The molecule has 6 aromatic carbocycles. The summed E-state index contributed by atoms with van der Waals surface area (Å²) in [6, 6.07) is 34.4. The molecule has 322 valence electrons. The molecular weight excluding hydrogens is 835 g/mol. The summed E-state index contributed by atoms with van der Waals surface area (Å²) in [6.45, 7) is 1.12. The zero-order valence-corrected chi connectivity index (χ0v) is 34.8. The molecule has 0 aromatic heterocycles. The number of anilines is 2. The van der Waals surface area contributed by atoms with Crippen molar-refractivity contribution in [3.63, 3.8) is 0 Å². The highest BCUT2D eigenvalue weighted by molar-refractivity contribution is 6.31. The van der Waals surface area contributed by atoms with Crippen molar-refractivity contribution in [3.05, 3.63) is 142 Å². The molecule has 6 aromatic rings. The summed E-state index contributed by atoms with van der Waals surface area (Å²) < 4.78 is 0. The van der Waals surface area contributed by atoms with E-state index < -0.39 is 11.9 Å². The molecule has 0 saturated heterocycles. The lowest BCUT2D eigenvalue weighted by atomic mass is 10.0. The summed E-state index contributed by atoms with van der Waals surface area (Å²) in [5.41, 5.74) is 24.7. The Labute approximate surface area is 367 Å². The molecule has 0 spiro atoms. The van der Waals surface area contributed by atoms with Crippen molar-refractivity contribution in [3.8, 4) is 11.5 Å². The minimum absolute atomic E-state index is 0.0388. The molecule has 0 aliphatic heterocycles. The van der Waals surface area contributed by atoms with Crippen molar-refractivity contribution in [2.75, 3.05) is 23.7 Å². The predicted octanol–water partition coefficient (Wildman–Crippen LogP) is 7.82. The summed E-state index contributed by atoms with van der Waals surface area (Å²) in [5, 5.41) is 46.4. The van der Waals surface area contributed by atoms with Gasteiger partial charge >= 0.3 is 11.9 Å². The number of carboxylic acid groups (broad SMARTS) is 2. The van der Waals surface area contributed by atoms with Crippen LogP contribution < -0.4 is 33.6 Å². The molecule has 18 heteroatoms. The Kier molecular flexibility index (Phi) is 18.2. The highest BCUT2D eigenvalue weighted by Crippen LogP contribution is 2.28. The molecule has 6 rings (SSSR count). The summed E-state index contributed by atoms with van der Waals surface area (Å²) in [7, 11) is 0. The van der Waals surface area contributed by atoms with E-state index in [2.05, 4.69) is 30.6 Å². The SMILES string of the molecule is NC(=NCCCCCCN=C(N)N=C(N)Nc1ccc(Cl)cc1)N=C(N)Nc1ccc(Cl)cc1.O=C(O)c1c(O)ccc2ccccc12.O=C(O)c1c(O)ccc2ccccc12. The fraction of sp³-hybridized carbons (Fsp3) is 0.136. The van der Waals surface area contributed by atoms with Crippen molar-refractivity contribution in [2.24, 2.45) is 42.9 Å². The van der Waals surface area contributed by atoms with E-state index in [-0.39, 0.29) is 46.5 Å². The van der Waals surface area contributed by atoms with Gasteiger partial charge in [0.25, 0.3) is 0 Å². The normalized spacial score (nSPS) is 11.8. The van der Waals surface area contributed by atoms with Crippen LogP contribution in [0.4, 0.5) is 11.4 Å². The number of benzene rings is 6. The maximum Gasteiger partial charge on any atom is 0.340 e. The number of rotatable bonds is 11. The summed E-state index contributed by atoms with van der Waals surface area (Å²) in [4.78, 5) is 38.2. The van der Waals surface area contributed by atoms with Crippen LogP contribution in [0.25, 0.3) is 21.5 Å². The third-order valence-electron chi connectivity index (χ3n) is 8.56. The average molecular weight is 882 g/mol. The highest BCUT2D eigenvalue weighted by Gasteiger charge is 2.14. The lowest BCUT2D eigenvalue weighted by molar-refractivity contribution is 0.0684. The molecule has 62 heavy (non-hydrogen) atoms. The van der Waals surface area contributed by atoms with Crippen molar-refractivity contribution < 1.29 is 30.0 Å². The van der Waals surface area contributed by atoms with Gasteiger partial charge < -0.3 is 54.0 Å². The lowest BCUT2D eigenvalue weighted by Gasteiger charge is -2.05. The molecular formula is C44H46Cl2N10O6. The topological polar surface area (TPSA) is 293 Å². The number of nitrogens with two attached hydrogens (primary N) is 4. The van der Waals surface area contributed by atoms with Crippen LogP contribution in [-0.4, -0.2) is 69.3 Å². The highest BCUT2D eigenvalue weighted by atomic mass is 35.5. The lowest BCUT2D eigenvalue weighted by Crippen LogP contribution is -2.26. The number of halogens is 2. The molecule has 0 fully saturated rings. The van der Waals surface area contributed by atoms with Gasteiger partial charge in [-0.2, -0.15) is 9.98 Å². The third kappa shape index (κ3) is 15.2. The second-order valence-electron chi connectivity index (χ2n) is 13.1. The van der Waals surface area contributed by atoms with E-state index in [4.69, 9.17) is 56.3 Å². The molecule has 0 unspecified atom stereocenters. The van der Waals surface area contributed by atoms with Crippen LogP contribution in [0.3, 0.4) is 0 Å². The number of carbonyl (C=O) groups is 2. The Morgan fingerprint density at radius 3 is 1.21 bits per heavy atom. The Bertz CT molecular complexity index is 2410. The fourth-order valence-electron chi connectivity index (χ4n) is 5.67. The monoisotopic (exact) mass is 880 g/mol. The number of guanidine groups is 4. The second kappa shape index (κ2) is 23.9. The molecule has 16 nitrogen and oxygen atoms in total. The minimum Gasteiger partial charge on any atom is -0.507 e. The molecule has 0 bridgehead atoms. The smallest absolute Gasteiger partial charge is 0.340 e. The van der Waals surface area contributed by atoms with Gasteiger partial charge in [0.05, 0.1) is 0 Å². The van der Waals surface area contributed by atoms with Crippen LogP contribution >= 0.6 is 23.2 Å². The van der Waals surface area contributed by atoms with E-state index in [1.54, 1.807) is 97.1 Å². The molecule has 0 saturated carbocycles. The zero-order chi connectivity index (χ0) is 45.0. The van der Waals surface area contributed by atoms with Gasteiger partial charge in [-0.3, -0.25) is 9.98 Å². The first-order valence-electron chi connectivity index (χ1n) is 18.9. The van der Waals surface area contributed by atoms with Crippen LogP contribution in [0.15, 0.2) is 141 Å². The van der Waals surface area contributed by atoms with E-state index in [1.807, 2.05) is 12.1 Å². The third-order valence-corrected chi connectivity index (χ3v) is 9.06. The van der Waals surface area contributed by atoms with E-state index in [0.717, 1.165) is 47.8 Å². The maximum atomic E-state index is 10.9. The van der Waals surface area contributed by atoms with E-state index in [1.165, 1.54) is 12.1 Å². The van der Waals surface area contributed by atoms with Gasteiger partial charge in [-0.05, 0) is 95.1 Å². The number of nitrogens with zero attached hydrogens (tertiary/aromatic N) is 4. The van der Waals surface area contributed by atoms with Gasteiger partial charge in [0.15, 0.2) is 0 Å². The Morgan fingerprint density at radius 1 is 0.500 bits per heavy atom. The first-order chi connectivity index (χ1) is 29.7. The number of hydrogen-bond donors (Lipinski definition) is 10. The van der Waals surface area contributed by atoms with Gasteiger partial charge in [-0.25, -0.2) is 9.59 Å². The summed E-state index contributed by atoms with van der Waals surface area (Å²) in [6.07, 6.45) is 3.68. The number of nitrogens with one attached hydrogen (secondary N) is 2. The number of aromatic carboxylic acids is 2. The first-order valence-corrected chi connectivity index (χ1v) is 19.7. The minimum atomic E-state index is -1.11. The molecule has 0 atom stereocenters. The largest absolute Gasteiger partial charge is 0.507 e. The average Bonchev–Trinajstić information content (AvgIpc) is 3.23. The number of carboxylic acids is 2. The molecule has 0 radical (unpaired) electrons. The Balaban J connectivity index is 0.000000244. The van der Waals surface area contributed by atoms with Crippen molar-refractivity contribution in [1.29, 1.82) is 0 Å². The second-order valence-corrected chi connectivity index (χ2v) is 14.0. The quantitative estimate of drug-likeness (QED) is 0.0338. The van der Waals surface area contributed by atoms with Crippen LogP contribution in [0, 0.1) is 0 Å². The van der Waals surface area contributed by atoms with Gasteiger partial charge in [0.2, 0.25) is 23.8 Å². The molecule has 0 heterocycles. The van der Waals surface area contributed by atoms with E-state index in [9.17, 15) is 19.8 Å². The van der Waals surface area contributed by atoms with E-state index >= 15 is 0 Å². The zero-order valence-electron chi connectivity index (χ0n) is 33.2. The maximum absolute atomic E-state index is 10.9. The van der Waals surface area contributed by atoms with Gasteiger partial charge in [-0.15, -0.1) is 0 Å². The number of fused-ring (bicyclic) bond motifs is 2. The van der Waals surface area contributed by atoms with Crippen molar-refractivity contribution in [2.45, 2.75) is 25.7 Å². The molecule has 0 aliphatic rings. The Morgan fingerprint density at radius 2 is 0.855 bits per heavy atom. The van der Waals surface area contributed by atoms with Crippen LogP contribution in [0.2, 0.25) is 10.0 Å². The predicted molar refractivity (Wildman–Crippen MR) is 250 cm³/mol. The van der Waals surface area contributed by atoms with Crippen molar-refractivity contribution in [1.82, 2.24) is 0 Å². The number of aromatic hydroxyl groups is 2. The summed E-state index contributed by atoms with van der Waals surface area (Å²) in [5.74, 6) is -2.06. The van der Waals surface area contributed by atoms with Crippen LogP contribution in [0.1, 0.15) is 46.4 Å². The number of hydrogen-bond acceptors (Lipinski definition) is 6. The standard InChI is InChI=1S/C22H30Cl2N10.2C11H8O3/c23-15-5-9-17(10-6-15)31-21(27)33-19(25)29-13-3-1-2-4-14-30-20(26)34-22(28)32-18-11-7-16(24)8-12-18;2*12-9-6-5-7-3-1-2-4-8(7)10(9)11(13)14/h5-12H,1-4,13-14H2,(H5,25,27,29,31,33)(H5,26,28,30,32,34);2*1-6,12H,(H,13,14). The van der Waals surface area contributed by atoms with Gasteiger partial charge in [-0.1, -0.05) is 96.7 Å². The van der Waals surface area contributed by atoms with Crippen LogP contribution in [0.5, 0.6) is 11.5 Å². The summed E-state index contributed by atoms with van der Waals surface area (Å²) >= 11 is 11.7. The number of aliphatic imine (C=N–C) groups is 4. The first kappa shape index (κ1) is 47.1. The molecule has 14 N–H and O–H groups in total. The number of unbranched alkanes of at least 4 members (excludes halogenated alkanes) is 3. The molecule has 0 amide bonds. The molecule has 0 aliphatic carbocycles. The Hall–Kier alpha value is -7.56.